The van der Waals surface area contributed by atoms with Crippen LogP contribution in [-0.4, -0.2) is 49.9 Å². The van der Waals surface area contributed by atoms with E-state index < -0.39 is 0 Å². The van der Waals surface area contributed by atoms with Crippen LogP contribution in [0, 0.1) is 0 Å². The van der Waals surface area contributed by atoms with Crippen molar-refractivity contribution in [3.8, 4) is 11.1 Å². The number of imidazole rings is 1. The minimum atomic E-state index is 0.122. The van der Waals surface area contributed by atoms with Crippen LogP contribution in [0.25, 0.3) is 21.9 Å². The van der Waals surface area contributed by atoms with Gasteiger partial charge in [-0.1, -0.05) is 42.5 Å². The molecule has 146 valence electrons. The molecule has 1 fully saturated rings. The molecule has 6 heteroatoms. The van der Waals surface area contributed by atoms with Gasteiger partial charge < -0.3 is 14.5 Å². The monoisotopic (exact) mass is 402 g/mol. The SMILES string of the molecule is O=C(c1cn(Cc2cnc[nH]2)cc1-c1cccc2ccccc12)N1CCSCC1. The topological polar surface area (TPSA) is 53.9 Å². The van der Waals surface area contributed by atoms with Gasteiger partial charge in [-0.25, -0.2) is 4.98 Å². The highest BCUT2D eigenvalue weighted by Crippen LogP contribution is 2.33. The summed E-state index contributed by atoms with van der Waals surface area (Å²) in [6.45, 7) is 2.27. The summed E-state index contributed by atoms with van der Waals surface area (Å²) in [5.41, 5.74) is 3.87. The first-order valence-corrected chi connectivity index (χ1v) is 11.0. The Balaban J connectivity index is 1.62. The molecule has 4 aromatic rings. The zero-order valence-electron chi connectivity index (χ0n) is 16.0. The van der Waals surface area contributed by atoms with Gasteiger partial charge in [-0.15, -0.1) is 0 Å². The number of aromatic amines is 1. The van der Waals surface area contributed by atoms with Crippen molar-refractivity contribution in [3.63, 3.8) is 0 Å². The molecule has 0 bridgehead atoms. The molecule has 0 aliphatic carbocycles. The molecule has 5 nitrogen and oxygen atoms in total. The number of amides is 1. The van der Waals surface area contributed by atoms with Crippen molar-refractivity contribution in [3.05, 3.63) is 78.6 Å². The van der Waals surface area contributed by atoms with Crippen molar-refractivity contribution < 1.29 is 4.79 Å². The summed E-state index contributed by atoms with van der Waals surface area (Å²) in [5.74, 6) is 2.13. The molecule has 1 N–H and O–H groups in total. The lowest BCUT2D eigenvalue weighted by molar-refractivity contribution is 0.0773. The first-order valence-electron chi connectivity index (χ1n) is 9.82. The zero-order chi connectivity index (χ0) is 19.6. The van der Waals surface area contributed by atoms with Gasteiger partial charge in [0.15, 0.2) is 0 Å². The third-order valence-corrected chi connectivity index (χ3v) is 6.34. The van der Waals surface area contributed by atoms with E-state index >= 15 is 0 Å². The predicted molar refractivity (Wildman–Crippen MR) is 118 cm³/mol. The Morgan fingerprint density at radius 2 is 1.86 bits per heavy atom. The molecule has 2 aromatic carbocycles. The third kappa shape index (κ3) is 3.56. The standard InChI is InChI=1S/C23H22N4OS/c28-23(27-8-10-29-11-9-27)22-15-26(13-18-12-24-16-25-18)14-21(22)20-7-3-5-17-4-1-2-6-19(17)20/h1-7,12,14-16H,8-11,13H2,(H,24,25). The Morgan fingerprint density at radius 3 is 2.69 bits per heavy atom. The predicted octanol–water partition coefficient (Wildman–Crippen LogP) is 4.27. The normalized spacial score (nSPS) is 14.4. The van der Waals surface area contributed by atoms with Crippen LogP contribution in [0.1, 0.15) is 16.1 Å². The Labute approximate surface area is 173 Å². The summed E-state index contributed by atoms with van der Waals surface area (Å²) in [6.07, 6.45) is 7.58. The first-order chi connectivity index (χ1) is 14.3. The minimum Gasteiger partial charge on any atom is -0.347 e. The number of nitrogens with one attached hydrogen (secondary N) is 1. The molecule has 2 aromatic heterocycles. The number of nitrogens with zero attached hydrogens (tertiary/aromatic N) is 3. The zero-order valence-corrected chi connectivity index (χ0v) is 16.9. The van der Waals surface area contributed by atoms with Crippen LogP contribution in [0.15, 0.2) is 67.4 Å². The fraction of sp³-hybridized carbons (Fsp3) is 0.217. The van der Waals surface area contributed by atoms with Gasteiger partial charge >= 0.3 is 0 Å². The molecule has 5 rings (SSSR count). The molecule has 1 amide bonds. The minimum absolute atomic E-state index is 0.122. The van der Waals surface area contributed by atoms with Crippen molar-refractivity contribution in [2.45, 2.75) is 6.54 Å². The van der Waals surface area contributed by atoms with Crippen molar-refractivity contribution >= 4 is 28.4 Å². The summed E-state index contributed by atoms with van der Waals surface area (Å²) < 4.78 is 2.08. The molecule has 3 heterocycles. The molecular formula is C23H22N4OS. The molecule has 0 unspecified atom stereocenters. The Bertz CT molecular complexity index is 1140. The van der Waals surface area contributed by atoms with E-state index in [9.17, 15) is 4.79 Å². The summed E-state index contributed by atoms with van der Waals surface area (Å²) in [5, 5.41) is 2.34. The lowest BCUT2D eigenvalue weighted by atomic mass is 9.97. The number of aromatic nitrogens is 3. The van der Waals surface area contributed by atoms with Gasteiger partial charge in [-0.05, 0) is 16.3 Å². The number of fused-ring (bicyclic) bond motifs is 1. The van der Waals surface area contributed by atoms with Crippen LogP contribution in [0.5, 0.6) is 0 Å². The van der Waals surface area contributed by atoms with Crippen molar-refractivity contribution in [1.82, 2.24) is 19.4 Å². The number of thioether (sulfide) groups is 1. The first kappa shape index (κ1) is 18.1. The van der Waals surface area contributed by atoms with Crippen LogP contribution in [0.2, 0.25) is 0 Å². The second-order valence-electron chi connectivity index (χ2n) is 7.27. The second-order valence-corrected chi connectivity index (χ2v) is 8.49. The van der Waals surface area contributed by atoms with Gasteiger partial charge in [0.2, 0.25) is 0 Å². The maximum atomic E-state index is 13.4. The molecule has 0 spiro atoms. The summed E-state index contributed by atoms with van der Waals surface area (Å²) in [6, 6.07) is 14.6. The van der Waals surface area contributed by atoms with E-state index in [4.69, 9.17) is 0 Å². The van der Waals surface area contributed by atoms with Crippen molar-refractivity contribution in [1.29, 1.82) is 0 Å². The van der Waals surface area contributed by atoms with E-state index in [-0.39, 0.29) is 5.91 Å². The molecule has 0 saturated carbocycles. The van der Waals surface area contributed by atoms with Crippen LogP contribution in [0.4, 0.5) is 0 Å². The van der Waals surface area contributed by atoms with Gasteiger partial charge in [0.1, 0.15) is 0 Å². The van der Waals surface area contributed by atoms with E-state index in [2.05, 4.69) is 57.1 Å². The number of carbonyl (C=O) groups is 1. The lowest BCUT2D eigenvalue weighted by Gasteiger charge is -2.26. The number of hydrogen-bond donors (Lipinski definition) is 1. The molecule has 29 heavy (non-hydrogen) atoms. The van der Waals surface area contributed by atoms with Crippen LogP contribution >= 0.6 is 11.8 Å². The molecule has 0 atom stereocenters. The number of hydrogen-bond acceptors (Lipinski definition) is 3. The smallest absolute Gasteiger partial charge is 0.256 e. The third-order valence-electron chi connectivity index (χ3n) is 5.40. The molecule has 1 saturated heterocycles. The number of H-pyrrole nitrogens is 1. The average molecular weight is 403 g/mol. The fourth-order valence-electron chi connectivity index (χ4n) is 3.95. The number of benzene rings is 2. The largest absolute Gasteiger partial charge is 0.347 e. The highest BCUT2D eigenvalue weighted by Gasteiger charge is 2.24. The Morgan fingerprint density at radius 1 is 1.03 bits per heavy atom. The van der Waals surface area contributed by atoms with E-state index in [1.165, 1.54) is 5.39 Å². The van der Waals surface area contributed by atoms with E-state index in [0.29, 0.717) is 6.54 Å². The maximum Gasteiger partial charge on any atom is 0.256 e. The van der Waals surface area contributed by atoms with Crippen molar-refractivity contribution in [2.24, 2.45) is 0 Å². The number of rotatable bonds is 4. The summed E-state index contributed by atoms with van der Waals surface area (Å²) >= 11 is 1.91. The average Bonchev–Trinajstić information content (AvgIpc) is 3.44. The highest BCUT2D eigenvalue weighted by molar-refractivity contribution is 7.99. The van der Waals surface area contributed by atoms with Crippen LogP contribution in [0.3, 0.4) is 0 Å². The quantitative estimate of drug-likeness (QED) is 0.555. The lowest BCUT2D eigenvalue weighted by Crippen LogP contribution is -2.37. The maximum absolute atomic E-state index is 13.4. The van der Waals surface area contributed by atoms with E-state index in [1.807, 2.05) is 35.1 Å². The second kappa shape index (κ2) is 7.79. The van der Waals surface area contributed by atoms with Gasteiger partial charge in [0.25, 0.3) is 5.91 Å². The molecule has 0 radical (unpaired) electrons. The molecular weight excluding hydrogens is 380 g/mol. The van der Waals surface area contributed by atoms with Gasteiger partial charge in [-0.2, -0.15) is 11.8 Å². The summed E-state index contributed by atoms with van der Waals surface area (Å²) in [7, 11) is 0. The van der Waals surface area contributed by atoms with E-state index in [1.54, 1.807) is 6.33 Å². The molecule has 1 aliphatic heterocycles. The Kier molecular flexibility index (Phi) is 4.86. The van der Waals surface area contributed by atoms with Crippen LogP contribution in [-0.2, 0) is 6.54 Å². The fourth-order valence-corrected chi connectivity index (χ4v) is 4.85. The van der Waals surface area contributed by atoms with E-state index in [0.717, 1.165) is 52.4 Å². The summed E-state index contributed by atoms with van der Waals surface area (Å²) in [4.78, 5) is 22.7. The van der Waals surface area contributed by atoms with Crippen LogP contribution < -0.4 is 0 Å². The number of carbonyl (C=O) groups excluding carboxylic acids is 1. The van der Waals surface area contributed by atoms with Gasteiger partial charge in [0, 0.05) is 48.7 Å². The van der Waals surface area contributed by atoms with Crippen molar-refractivity contribution in [2.75, 3.05) is 24.6 Å². The van der Waals surface area contributed by atoms with Gasteiger partial charge in [-0.3, -0.25) is 4.79 Å². The van der Waals surface area contributed by atoms with Gasteiger partial charge in [0.05, 0.1) is 24.1 Å². The molecule has 1 aliphatic rings. The highest BCUT2D eigenvalue weighted by atomic mass is 32.2. The Hall–Kier alpha value is -2.99.